The summed E-state index contributed by atoms with van der Waals surface area (Å²) in [5, 5.41) is 9.69. The lowest BCUT2D eigenvalue weighted by molar-refractivity contribution is -0.137. The van der Waals surface area contributed by atoms with Gasteiger partial charge in [0.2, 0.25) is 0 Å². The van der Waals surface area contributed by atoms with Crippen LogP contribution < -0.4 is 26.6 Å². The van der Waals surface area contributed by atoms with Crippen LogP contribution in [0.3, 0.4) is 0 Å². The van der Waals surface area contributed by atoms with Crippen LogP contribution in [-0.2, 0) is 6.18 Å². The fourth-order valence-corrected chi connectivity index (χ4v) is 4.26. The number of benzene rings is 2. The van der Waals surface area contributed by atoms with Crippen molar-refractivity contribution in [2.45, 2.75) is 29.3 Å². The Morgan fingerprint density at radius 3 is 2.60 bits per heavy atom. The second-order valence-electron chi connectivity index (χ2n) is 7.14. The van der Waals surface area contributed by atoms with Gasteiger partial charge in [-0.2, -0.15) is 13.2 Å². The van der Waals surface area contributed by atoms with Gasteiger partial charge < -0.3 is 26.6 Å². The predicted octanol–water partition coefficient (Wildman–Crippen LogP) is 4.72. The van der Waals surface area contributed by atoms with Gasteiger partial charge in [0, 0.05) is 48.7 Å². The van der Waals surface area contributed by atoms with Crippen LogP contribution in [0.5, 0.6) is 0 Å². The summed E-state index contributed by atoms with van der Waals surface area (Å²) >= 11 is 1.36. The molecule has 2 aromatic carbocycles. The number of anilines is 4. The molecule has 30 heavy (non-hydrogen) atoms. The van der Waals surface area contributed by atoms with E-state index in [1.807, 2.05) is 25.2 Å². The highest BCUT2D eigenvalue weighted by Gasteiger charge is 2.33. The molecule has 0 saturated carbocycles. The van der Waals surface area contributed by atoms with Crippen LogP contribution in [-0.4, -0.2) is 39.8 Å². The van der Waals surface area contributed by atoms with Crippen molar-refractivity contribution in [3.63, 3.8) is 0 Å². The Morgan fingerprint density at radius 1 is 1.10 bits per heavy atom. The summed E-state index contributed by atoms with van der Waals surface area (Å²) in [6.45, 7) is 5.50. The molecule has 3 rings (SSSR count). The molecule has 2 aromatic rings. The first-order valence-electron chi connectivity index (χ1n) is 10.0. The second kappa shape index (κ2) is 9.80. The summed E-state index contributed by atoms with van der Waals surface area (Å²) < 4.78 is 40.5. The van der Waals surface area contributed by atoms with Crippen LogP contribution in [0.1, 0.15) is 18.9 Å². The van der Waals surface area contributed by atoms with Crippen LogP contribution >= 0.6 is 11.8 Å². The molecule has 164 valence electrons. The van der Waals surface area contributed by atoms with Crippen LogP contribution in [0.15, 0.2) is 40.1 Å². The normalized spacial score (nSPS) is 12.7. The summed E-state index contributed by atoms with van der Waals surface area (Å²) in [5.74, 6) is 0. The number of nitrogens with zero attached hydrogens (tertiary/aromatic N) is 1. The van der Waals surface area contributed by atoms with Crippen molar-refractivity contribution in [1.29, 1.82) is 0 Å². The molecule has 0 aromatic heterocycles. The maximum atomic E-state index is 13.5. The highest BCUT2D eigenvalue weighted by molar-refractivity contribution is 7.99. The highest BCUT2D eigenvalue weighted by Crippen LogP contribution is 2.50. The van der Waals surface area contributed by atoms with Gasteiger partial charge in [-0.1, -0.05) is 11.8 Å². The zero-order valence-electron chi connectivity index (χ0n) is 17.2. The Kier molecular flexibility index (Phi) is 7.38. The number of alkyl halides is 3. The SMILES string of the molecule is CCN(C)c1ccc2c(c1)Sc1cc(C(F)(F)F)cc(NCCCNCCN)c1N2. The zero-order chi connectivity index (χ0) is 21.7. The van der Waals surface area contributed by atoms with Gasteiger partial charge in [-0.15, -0.1) is 0 Å². The van der Waals surface area contributed by atoms with E-state index in [0.29, 0.717) is 29.4 Å². The summed E-state index contributed by atoms with van der Waals surface area (Å²) in [4.78, 5) is 3.57. The van der Waals surface area contributed by atoms with Crippen molar-refractivity contribution in [1.82, 2.24) is 5.32 Å². The van der Waals surface area contributed by atoms with E-state index in [4.69, 9.17) is 5.73 Å². The quantitative estimate of drug-likeness (QED) is 0.362. The average molecular weight is 440 g/mol. The molecule has 0 fully saturated rings. The Bertz CT molecular complexity index is 872. The van der Waals surface area contributed by atoms with Gasteiger partial charge in [-0.25, -0.2) is 0 Å². The van der Waals surface area contributed by atoms with E-state index in [0.717, 1.165) is 42.3 Å². The standard InChI is InChI=1S/C21H28F3N5S/c1-3-29(2)15-5-6-16-18(13-15)30-19-12-14(21(22,23)24)11-17(20(19)28-16)27-9-4-8-26-10-7-25/h5-6,11-13,26-28H,3-4,7-10,25H2,1-2H3. The summed E-state index contributed by atoms with van der Waals surface area (Å²) in [6, 6.07) is 8.41. The molecule has 0 radical (unpaired) electrons. The molecule has 1 heterocycles. The lowest BCUT2D eigenvalue weighted by Crippen LogP contribution is -2.24. The van der Waals surface area contributed by atoms with E-state index in [1.54, 1.807) is 0 Å². The van der Waals surface area contributed by atoms with Crippen molar-refractivity contribution in [3.05, 3.63) is 35.9 Å². The van der Waals surface area contributed by atoms with Gasteiger partial charge in [0.05, 0.1) is 22.6 Å². The van der Waals surface area contributed by atoms with E-state index in [9.17, 15) is 13.2 Å². The molecule has 0 unspecified atom stereocenters. The molecule has 0 atom stereocenters. The first kappa shape index (κ1) is 22.6. The molecule has 1 aliphatic heterocycles. The molecule has 0 saturated heterocycles. The second-order valence-corrected chi connectivity index (χ2v) is 8.22. The maximum absolute atomic E-state index is 13.5. The monoisotopic (exact) mass is 439 g/mol. The minimum Gasteiger partial charge on any atom is -0.383 e. The third-order valence-electron chi connectivity index (χ3n) is 4.96. The fraction of sp³-hybridized carbons (Fsp3) is 0.429. The van der Waals surface area contributed by atoms with Gasteiger partial charge >= 0.3 is 6.18 Å². The summed E-state index contributed by atoms with van der Waals surface area (Å²) in [5.41, 5.74) is 7.87. The largest absolute Gasteiger partial charge is 0.416 e. The smallest absolute Gasteiger partial charge is 0.383 e. The van der Waals surface area contributed by atoms with Crippen LogP contribution in [0.25, 0.3) is 0 Å². The van der Waals surface area contributed by atoms with Gasteiger partial charge in [-0.05, 0) is 50.2 Å². The van der Waals surface area contributed by atoms with Gasteiger partial charge in [0.25, 0.3) is 0 Å². The van der Waals surface area contributed by atoms with Gasteiger partial charge in [0.1, 0.15) is 0 Å². The molecular weight excluding hydrogens is 411 g/mol. The fourth-order valence-electron chi connectivity index (χ4n) is 3.16. The number of fused-ring (bicyclic) bond motifs is 2. The van der Waals surface area contributed by atoms with E-state index in [-0.39, 0.29) is 0 Å². The molecule has 0 amide bonds. The molecule has 5 N–H and O–H groups in total. The Labute approximate surface area is 179 Å². The van der Waals surface area contributed by atoms with Gasteiger partial charge in [-0.3, -0.25) is 0 Å². The molecule has 0 aliphatic carbocycles. The molecule has 1 aliphatic rings. The minimum atomic E-state index is -4.40. The highest BCUT2D eigenvalue weighted by atomic mass is 32.2. The first-order valence-corrected chi connectivity index (χ1v) is 10.8. The predicted molar refractivity (Wildman–Crippen MR) is 119 cm³/mol. The van der Waals surface area contributed by atoms with E-state index in [2.05, 4.69) is 27.8 Å². The van der Waals surface area contributed by atoms with Crippen molar-refractivity contribution in [2.75, 3.05) is 55.3 Å². The Balaban J connectivity index is 1.85. The molecular formula is C21H28F3N5S. The zero-order valence-corrected chi connectivity index (χ0v) is 18.0. The van der Waals surface area contributed by atoms with Crippen molar-refractivity contribution < 1.29 is 13.2 Å². The van der Waals surface area contributed by atoms with Crippen molar-refractivity contribution in [2.24, 2.45) is 5.73 Å². The lowest BCUT2D eigenvalue weighted by Gasteiger charge is -2.27. The minimum absolute atomic E-state index is 0.464. The number of hydrogen-bond donors (Lipinski definition) is 4. The van der Waals surface area contributed by atoms with Crippen LogP contribution in [0.2, 0.25) is 0 Å². The van der Waals surface area contributed by atoms with E-state index >= 15 is 0 Å². The average Bonchev–Trinajstić information content (AvgIpc) is 2.72. The number of hydrogen-bond acceptors (Lipinski definition) is 6. The third-order valence-corrected chi connectivity index (χ3v) is 6.06. The van der Waals surface area contributed by atoms with Crippen molar-refractivity contribution in [3.8, 4) is 0 Å². The molecule has 0 bridgehead atoms. The van der Waals surface area contributed by atoms with Crippen LogP contribution in [0, 0.1) is 0 Å². The number of nitrogens with two attached hydrogens (primary N) is 1. The lowest BCUT2D eigenvalue weighted by atomic mass is 10.1. The summed E-state index contributed by atoms with van der Waals surface area (Å²) in [7, 11) is 1.99. The first-order chi connectivity index (χ1) is 14.3. The number of halogens is 3. The van der Waals surface area contributed by atoms with Crippen LogP contribution in [0.4, 0.5) is 35.9 Å². The third kappa shape index (κ3) is 5.33. The molecule has 9 heteroatoms. The summed E-state index contributed by atoms with van der Waals surface area (Å²) in [6.07, 6.45) is -3.62. The Hall–Kier alpha value is -2.10. The number of rotatable bonds is 9. The molecule has 5 nitrogen and oxygen atoms in total. The molecule has 0 spiro atoms. The Morgan fingerprint density at radius 2 is 1.90 bits per heavy atom. The van der Waals surface area contributed by atoms with E-state index < -0.39 is 11.7 Å². The maximum Gasteiger partial charge on any atom is 0.416 e. The van der Waals surface area contributed by atoms with E-state index in [1.165, 1.54) is 23.9 Å². The topological polar surface area (TPSA) is 65.3 Å². The van der Waals surface area contributed by atoms with Gasteiger partial charge in [0.15, 0.2) is 0 Å². The number of nitrogens with one attached hydrogen (secondary N) is 3. The van der Waals surface area contributed by atoms with Crippen molar-refractivity contribution >= 4 is 34.5 Å².